The summed E-state index contributed by atoms with van der Waals surface area (Å²) in [6.45, 7) is 8.67. The molecule has 0 spiro atoms. The van der Waals surface area contributed by atoms with E-state index in [4.69, 9.17) is 23.2 Å². The molecule has 0 radical (unpaired) electrons. The Morgan fingerprint density at radius 2 is 1.90 bits per heavy atom. The molecule has 1 unspecified atom stereocenters. The van der Waals surface area contributed by atoms with E-state index in [2.05, 4.69) is 53.0 Å². The van der Waals surface area contributed by atoms with Gasteiger partial charge in [0.05, 0.1) is 15.7 Å². The first kappa shape index (κ1) is 17.4. The summed E-state index contributed by atoms with van der Waals surface area (Å²) in [5.41, 5.74) is 1.21. The lowest BCUT2D eigenvalue weighted by Crippen LogP contribution is -2.64. The Balaban J connectivity index is 2.40. The Hall–Kier alpha value is 0.0400. The van der Waals surface area contributed by atoms with Gasteiger partial charge in [0, 0.05) is 29.1 Å². The van der Waals surface area contributed by atoms with Crippen molar-refractivity contribution in [1.29, 1.82) is 0 Å². The van der Waals surface area contributed by atoms with Crippen LogP contribution in [0.15, 0.2) is 16.6 Å². The molecule has 1 saturated heterocycles. The van der Waals surface area contributed by atoms with Gasteiger partial charge in [-0.1, -0.05) is 44.0 Å². The van der Waals surface area contributed by atoms with Gasteiger partial charge in [-0.05, 0) is 47.3 Å². The molecule has 0 aromatic heterocycles. The third-order valence-electron chi connectivity index (χ3n) is 4.78. The lowest BCUT2D eigenvalue weighted by Gasteiger charge is -2.48. The highest BCUT2D eigenvalue weighted by molar-refractivity contribution is 9.10. The average molecular weight is 394 g/mol. The lowest BCUT2D eigenvalue weighted by molar-refractivity contribution is 0.246. The van der Waals surface area contributed by atoms with Crippen molar-refractivity contribution in [3.05, 3.63) is 26.7 Å². The molecular formula is C16H23BrCl2N2. The maximum Gasteiger partial charge on any atom is 0.0837 e. The molecule has 2 rings (SSSR count). The predicted molar refractivity (Wildman–Crippen MR) is 96.9 cm³/mol. The summed E-state index contributed by atoms with van der Waals surface area (Å²) in [5.74, 6) is 0. The second-order valence-electron chi connectivity index (χ2n) is 5.75. The molecule has 0 amide bonds. The van der Waals surface area contributed by atoms with E-state index in [1.807, 2.05) is 6.07 Å². The largest absolute Gasteiger partial charge is 0.364 e. The van der Waals surface area contributed by atoms with Crippen LogP contribution in [-0.4, -0.2) is 24.7 Å². The Morgan fingerprint density at radius 3 is 2.48 bits per heavy atom. The number of anilines is 1. The third kappa shape index (κ3) is 3.36. The summed E-state index contributed by atoms with van der Waals surface area (Å²) in [6, 6.07) is 4.51. The van der Waals surface area contributed by atoms with Gasteiger partial charge in [0.2, 0.25) is 0 Å². The fourth-order valence-electron chi connectivity index (χ4n) is 3.06. The van der Waals surface area contributed by atoms with Crippen LogP contribution in [0, 0.1) is 0 Å². The summed E-state index contributed by atoms with van der Waals surface area (Å²) in [5, 5.41) is 5.00. The van der Waals surface area contributed by atoms with Crippen molar-refractivity contribution >= 4 is 44.8 Å². The molecule has 0 saturated carbocycles. The molecule has 1 aromatic rings. The van der Waals surface area contributed by atoms with Crippen molar-refractivity contribution in [1.82, 2.24) is 5.32 Å². The van der Waals surface area contributed by atoms with Crippen LogP contribution in [0.2, 0.25) is 10.0 Å². The van der Waals surface area contributed by atoms with E-state index in [0.717, 1.165) is 42.5 Å². The van der Waals surface area contributed by atoms with Gasteiger partial charge in [-0.25, -0.2) is 0 Å². The minimum absolute atomic E-state index is 0.161. The molecule has 0 bridgehead atoms. The normalized spacial score (nSPS) is 21.6. The van der Waals surface area contributed by atoms with Crippen LogP contribution in [0.1, 0.15) is 40.0 Å². The first-order valence-electron chi connectivity index (χ1n) is 7.63. The van der Waals surface area contributed by atoms with Crippen LogP contribution in [0.25, 0.3) is 0 Å². The molecule has 1 aliphatic rings. The lowest BCUT2D eigenvalue weighted by atomic mass is 9.87. The SMILES string of the molecule is CCC1CNC(CC)(CC)CN1c1ccc(Br)c(Cl)c1Cl. The number of halogens is 3. The van der Waals surface area contributed by atoms with Gasteiger partial charge in [0.1, 0.15) is 0 Å². The van der Waals surface area contributed by atoms with Crippen LogP contribution < -0.4 is 10.2 Å². The predicted octanol–water partition coefficient (Wildman–Crippen LogP) is 5.50. The smallest absolute Gasteiger partial charge is 0.0837 e. The Kier molecular flexibility index (Phi) is 5.86. The van der Waals surface area contributed by atoms with Crippen LogP contribution >= 0.6 is 39.1 Å². The van der Waals surface area contributed by atoms with E-state index >= 15 is 0 Å². The van der Waals surface area contributed by atoms with E-state index in [1.54, 1.807) is 0 Å². The number of piperazine rings is 1. The first-order valence-corrected chi connectivity index (χ1v) is 9.18. The molecule has 2 nitrogen and oxygen atoms in total. The minimum Gasteiger partial charge on any atom is -0.364 e. The van der Waals surface area contributed by atoms with E-state index in [-0.39, 0.29) is 5.54 Å². The summed E-state index contributed by atoms with van der Waals surface area (Å²) >= 11 is 16.3. The molecule has 1 aliphatic heterocycles. The quantitative estimate of drug-likeness (QED) is 0.679. The fraction of sp³-hybridized carbons (Fsp3) is 0.625. The van der Waals surface area contributed by atoms with Crippen LogP contribution in [-0.2, 0) is 0 Å². The summed E-state index contributed by atoms with van der Waals surface area (Å²) in [4.78, 5) is 2.43. The highest BCUT2D eigenvalue weighted by Crippen LogP contribution is 2.40. The number of rotatable bonds is 4. The topological polar surface area (TPSA) is 15.3 Å². The third-order valence-corrected chi connectivity index (χ3v) is 6.54. The highest BCUT2D eigenvalue weighted by Gasteiger charge is 2.37. The number of benzene rings is 1. The molecule has 1 aromatic carbocycles. The van der Waals surface area contributed by atoms with Crippen molar-refractivity contribution in [2.45, 2.75) is 51.6 Å². The van der Waals surface area contributed by atoms with E-state index < -0.39 is 0 Å². The van der Waals surface area contributed by atoms with Crippen molar-refractivity contribution in [2.24, 2.45) is 0 Å². The number of hydrogen-bond donors (Lipinski definition) is 1. The highest BCUT2D eigenvalue weighted by atomic mass is 79.9. The molecule has 21 heavy (non-hydrogen) atoms. The zero-order valence-corrected chi connectivity index (χ0v) is 15.9. The molecular weight excluding hydrogens is 371 g/mol. The van der Waals surface area contributed by atoms with Crippen molar-refractivity contribution < 1.29 is 0 Å². The van der Waals surface area contributed by atoms with Gasteiger partial charge in [-0.2, -0.15) is 0 Å². The number of nitrogens with one attached hydrogen (secondary N) is 1. The summed E-state index contributed by atoms with van der Waals surface area (Å²) in [7, 11) is 0. The molecule has 118 valence electrons. The maximum absolute atomic E-state index is 6.51. The van der Waals surface area contributed by atoms with Gasteiger partial charge >= 0.3 is 0 Å². The summed E-state index contributed by atoms with van der Waals surface area (Å²) < 4.78 is 0.846. The molecule has 1 heterocycles. The molecule has 5 heteroatoms. The Labute approximate surface area is 146 Å². The van der Waals surface area contributed by atoms with E-state index in [0.29, 0.717) is 16.1 Å². The maximum atomic E-state index is 6.51. The standard InChI is InChI=1S/C16H23BrCl2N2/c1-4-11-9-20-16(5-2,6-3)10-21(11)13-8-7-12(17)14(18)15(13)19/h7-8,11,20H,4-6,9-10H2,1-3H3. The average Bonchev–Trinajstić information content (AvgIpc) is 2.52. The molecule has 1 N–H and O–H groups in total. The van der Waals surface area contributed by atoms with Crippen LogP contribution in [0.5, 0.6) is 0 Å². The van der Waals surface area contributed by atoms with E-state index in [9.17, 15) is 0 Å². The summed E-state index contributed by atoms with van der Waals surface area (Å²) in [6.07, 6.45) is 3.30. The van der Waals surface area contributed by atoms with Crippen LogP contribution in [0.3, 0.4) is 0 Å². The molecule has 0 aliphatic carbocycles. The Morgan fingerprint density at radius 1 is 1.24 bits per heavy atom. The molecule has 1 fully saturated rings. The zero-order valence-electron chi connectivity index (χ0n) is 12.8. The zero-order chi connectivity index (χ0) is 15.6. The van der Waals surface area contributed by atoms with Gasteiger partial charge in [-0.3, -0.25) is 0 Å². The molecule has 1 atom stereocenters. The van der Waals surface area contributed by atoms with Crippen molar-refractivity contribution in [3.63, 3.8) is 0 Å². The minimum atomic E-state index is 0.161. The van der Waals surface area contributed by atoms with Crippen molar-refractivity contribution in [2.75, 3.05) is 18.0 Å². The first-order chi connectivity index (χ1) is 9.98. The van der Waals surface area contributed by atoms with Gasteiger partial charge in [0.15, 0.2) is 0 Å². The van der Waals surface area contributed by atoms with Crippen LogP contribution in [0.4, 0.5) is 5.69 Å². The Bertz CT molecular complexity index is 503. The monoisotopic (exact) mass is 392 g/mol. The second-order valence-corrected chi connectivity index (χ2v) is 7.36. The second kappa shape index (κ2) is 7.08. The van der Waals surface area contributed by atoms with Crippen molar-refractivity contribution in [3.8, 4) is 0 Å². The fourth-order valence-corrected chi connectivity index (χ4v) is 3.94. The van der Waals surface area contributed by atoms with Gasteiger partial charge in [-0.15, -0.1) is 0 Å². The number of hydrogen-bond acceptors (Lipinski definition) is 2. The van der Waals surface area contributed by atoms with E-state index in [1.165, 1.54) is 0 Å². The van der Waals surface area contributed by atoms with Gasteiger partial charge < -0.3 is 10.2 Å². The number of nitrogens with zero attached hydrogens (tertiary/aromatic N) is 1. The van der Waals surface area contributed by atoms with Gasteiger partial charge in [0.25, 0.3) is 0 Å².